The van der Waals surface area contributed by atoms with Gasteiger partial charge in [-0.05, 0) is 61.2 Å². The zero-order valence-electron chi connectivity index (χ0n) is 12.3. The number of carbonyl (C=O) groups excluding carboxylic acids is 1. The third kappa shape index (κ3) is 4.26. The van der Waals surface area contributed by atoms with E-state index < -0.39 is 0 Å². The number of amides is 2. The normalized spacial score (nSPS) is 14.7. The molecule has 0 aromatic heterocycles. The van der Waals surface area contributed by atoms with Gasteiger partial charge in [-0.15, -0.1) is 0 Å². The quantitative estimate of drug-likeness (QED) is 0.821. The summed E-state index contributed by atoms with van der Waals surface area (Å²) in [5.74, 6) is 0. The van der Waals surface area contributed by atoms with Crippen LogP contribution in [0.2, 0.25) is 0 Å². The number of nitrogens with one attached hydrogen (secondary N) is 2. The molecule has 0 bridgehead atoms. The minimum Gasteiger partial charge on any atom is -0.308 e. The summed E-state index contributed by atoms with van der Waals surface area (Å²) in [6, 6.07) is 17.1. The minimum atomic E-state index is -0.230. The van der Waals surface area contributed by atoms with E-state index in [1.54, 1.807) is 11.9 Å². The highest BCUT2D eigenvalue weighted by atomic mass is 32.2. The van der Waals surface area contributed by atoms with E-state index in [2.05, 4.69) is 14.9 Å². The monoisotopic (exact) mass is 313 g/mol. The van der Waals surface area contributed by atoms with Crippen LogP contribution in [0.4, 0.5) is 16.2 Å². The lowest BCUT2D eigenvalue weighted by atomic mass is 10.3. The SMILES string of the molecule is O=C(Nc1ccccc1)Nc1ccc(SN2CCCC2)cc1. The van der Waals surface area contributed by atoms with Crippen LogP contribution in [0, 0.1) is 0 Å². The molecule has 1 aliphatic heterocycles. The van der Waals surface area contributed by atoms with Crippen LogP contribution < -0.4 is 10.6 Å². The van der Waals surface area contributed by atoms with Crippen LogP contribution in [0.25, 0.3) is 0 Å². The van der Waals surface area contributed by atoms with Gasteiger partial charge < -0.3 is 10.6 Å². The van der Waals surface area contributed by atoms with Gasteiger partial charge in [-0.2, -0.15) is 0 Å². The summed E-state index contributed by atoms with van der Waals surface area (Å²) in [5, 5.41) is 5.64. The second-order valence-electron chi connectivity index (χ2n) is 5.20. The topological polar surface area (TPSA) is 44.4 Å². The average molecular weight is 313 g/mol. The zero-order chi connectivity index (χ0) is 15.2. The molecular formula is C17H19N3OS. The van der Waals surface area contributed by atoms with Gasteiger partial charge in [0, 0.05) is 29.4 Å². The Kier molecular flexibility index (Phi) is 4.98. The second kappa shape index (κ2) is 7.33. The molecule has 1 saturated heterocycles. The Morgan fingerprint density at radius 3 is 2.09 bits per heavy atom. The van der Waals surface area contributed by atoms with Crippen LogP contribution in [0.15, 0.2) is 59.5 Å². The molecule has 2 N–H and O–H groups in total. The Bertz CT molecular complexity index is 610. The van der Waals surface area contributed by atoms with Gasteiger partial charge >= 0.3 is 6.03 Å². The van der Waals surface area contributed by atoms with Crippen molar-refractivity contribution in [2.24, 2.45) is 0 Å². The summed E-state index contributed by atoms with van der Waals surface area (Å²) in [4.78, 5) is 13.1. The predicted molar refractivity (Wildman–Crippen MR) is 92.2 cm³/mol. The molecule has 0 aliphatic carbocycles. The molecule has 2 amide bonds. The predicted octanol–water partition coefficient (Wildman–Crippen LogP) is 4.43. The molecule has 0 atom stereocenters. The van der Waals surface area contributed by atoms with Crippen LogP contribution in [0.1, 0.15) is 12.8 Å². The second-order valence-corrected chi connectivity index (χ2v) is 6.37. The molecule has 0 unspecified atom stereocenters. The first kappa shape index (κ1) is 14.9. The highest BCUT2D eigenvalue weighted by Crippen LogP contribution is 2.27. The molecule has 1 fully saturated rings. The first-order chi connectivity index (χ1) is 10.8. The molecule has 2 aromatic rings. The van der Waals surface area contributed by atoms with Crippen LogP contribution >= 0.6 is 11.9 Å². The number of carbonyl (C=O) groups is 1. The fourth-order valence-corrected chi connectivity index (χ4v) is 3.34. The fraction of sp³-hybridized carbons (Fsp3) is 0.235. The minimum absolute atomic E-state index is 0.230. The van der Waals surface area contributed by atoms with E-state index in [1.807, 2.05) is 54.6 Å². The Hall–Kier alpha value is -1.98. The van der Waals surface area contributed by atoms with Crippen molar-refractivity contribution in [3.05, 3.63) is 54.6 Å². The number of urea groups is 1. The van der Waals surface area contributed by atoms with Crippen LogP contribution in [0.5, 0.6) is 0 Å². The number of para-hydroxylation sites is 1. The van der Waals surface area contributed by atoms with Crippen molar-refractivity contribution in [3.8, 4) is 0 Å². The summed E-state index contributed by atoms with van der Waals surface area (Å²) in [5.41, 5.74) is 1.57. The van der Waals surface area contributed by atoms with Gasteiger partial charge in [-0.1, -0.05) is 18.2 Å². The highest BCUT2D eigenvalue weighted by Gasteiger charge is 2.12. The molecule has 22 heavy (non-hydrogen) atoms. The molecule has 114 valence electrons. The van der Waals surface area contributed by atoms with E-state index in [-0.39, 0.29) is 6.03 Å². The molecular weight excluding hydrogens is 294 g/mol. The van der Waals surface area contributed by atoms with Crippen LogP contribution in [0.3, 0.4) is 0 Å². The lowest BCUT2D eigenvalue weighted by Gasteiger charge is -2.13. The number of anilines is 2. The van der Waals surface area contributed by atoms with Crippen molar-refractivity contribution in [2.75, 3.05) is 23.7 Å². The van der Waals surface area contributed by atoms with Crippen molar-refractivity contribution in [2.45, 2.75) is 17.7 Å². The summed E-state index contributed by atoms with van der Waals surface area (Å²) in [6.07, 6.45) is 2.57. The maximum Gasteiger partial charge on any atom is 0.323 e. The molecule has 0 radical (unpaired) electrons. The standard InChI is InChI=1S/C17H19N3OS/c21-17(18-14-6-2-1-3-7-14)19-15-8-10-16(11-9-15)22-20-12-4-5-13-20/h1-3,6-11H,4-5,12-13H2,(H2,18,19,21). The zero-order valence-corrected chi connectivity index (χ0v) is 13.1. The number of nitrogens with zero attached hydrogens (tertiary/aromatic N) is 1. The number of hydrogen-bond donors (Lipinski definition) is 2. The van der Waals surface area contributed by atoms with E-state index in [4.69, 9.17) is 0 Å². The van der Waals surface area contributed by atoms with Crippen LogP contribution in [-0.2, 0) is 0 Å². The van der Waals surface area contributed by atoms with Gasteiger partial charge in [-0.3, -0.25) is 0 Å². The van der Waals surface area contributed by atoms with E-state index in [9.17, 15) is 4.79 Å². The smallest absolute Gasteiger partial charge is 0.308 e. The maximum atomic E-state index is 11.9. The Labute approximate surface area is 135 Å². The van der Waals surface area contributed by atoms with E-state index in [1.165, 1.54) is 17.7 Å². The van der Waals surface area contributed by atoms with Gasteiger partial charge in [0.25, 0.3) is 0 Å². The van der Waals surface area contributed by atoms with Gasteiger partial charge in [0.05, 0.1) is 0 Å². The fourth-order valence-electron chi connectivity index (χ4n) is 2.34. The first-order valence-electron chi connectivity index (χ1n) is 7.46. The van der Waals surface area contributed by atoms with Crippen molar-refractivity contribution < 1.29 is 4.79 Å². The first-order valence-corrected chi connectivity index (χ1v) is 8.23. The van der Waals surface area contributed by atoms with Gasteiger partial charge in [-0.25, -0.2) is 9.10 Å². The van der Waals surface area contributed by atoms with E-state index in [0.29, 0.717) is 0 Å². The lowest BCUT2D eigenvalue weighted by molar-refractivity contribution is 0.262. The molecule has 0 saturated carbocycles. The van der Waals surface area contributed by atoms with Gasteiger partial charge in [0.2, 0.25) is 0 Å². The molecule has 2 aromatic carbocycles. The van der Waals surface area contributed by atoms with Gasteiger partial charge in [0.1, 0.15) is 0 Å². The largest absolute Gasteiger partial charge is 0.323 e. The van der Waals surface area contributed by atoms with E-state index in [0.717, 1.165) is 24.5 Å². The Morgan fingerprint density at radius 1 is 0.864 bits per heavy atom. The van der Waals surface area contributed by atoms with Crippen molar-refractivity contribution in [3.63, 3.8) is 0 Å². The lowest BCUT2D eigenvalue weighted by Crippen LogP contribution is -2.19. The third-order valence-electron chi connectivity index (χ3n) is 3.44. The summed E-state index contributed by atoms with van der Waals surface area (Å²) >= 11 is 1.79. The Balaban J connectivity index is 1.53. The molecule has 1 aliphatic rings. The van der Waals surface area contributed by atoms with Gasteiger partial charge in [0.15, 0.2) is 0 Å². The summed E-state index contributed by atoms with van der Waals surface area (Å²) < 4.78 is 2.38. The number of rotatable bonds is 4. The number of hydrogen-bond acceptors (Lipinski definition) is 3. The van der Waals surface area contributed by atoms with Crippen LogP contribution in [-0.4, -0.2) is 23.4 Å². The van der Waals surface area contributed by atoms with E-state index >= 15 is 0 Å². The summed E-state index contributed by atoms with van der Waals surface area (Å²) in [6.45, 7) is 2.31. The molecule has 4 nitrogen and oxygen atoms in total. The molecule has 5 heteroatoms. The Morgan fingerprint density at radius 2 is 1.45 bits per heavy atom. The van der Waals surface area contributed by atoms with Crippen molar-refractivity contribution in [1.82, 2.24) is 4.31 Å². The molecule has 0 spiro atoms. The van der Waals surface area contributed by atoms with Crippen molar-refractivity contribution >= 4 is 29.4 Å². The van der Waals surface area contributed by atoms with Crippen molar-refractivity contribution in [1.29, 1.82) is 0 Å². The molecule has 3 rings (SSSR count). The number of benzene rings is 2. The average Bonchev–Trinajstić information content (AvgIpc) is 3.03. The third-order valence-corrected chi connectivity index (χ3v) is 4.55. The highest BCUT2D eigenvalue weighted by molar-refractivity contribution is 7.97. The molecule has 1 heterocycles. The maximum absolute atomic E-state index is 11.9. The summed E-state index contributed by atoms with van der Waals surface area (Å²) in [7, 11) is 0.